The number of benzene rings is 1. The van der Waals surface area contributed by atoms with Gasteiger partial charge in [0.05, 0.1) is 17.9 Å². The Morgan fingerprint density at radius 3 is 2.72 bits per heavy atom. The van der Waals surface area contributed by atoms with Crippen molar-refractivity contribution in [2.24, 2.45) is 0 Å². The lowest BCUT2D eigenvalue weighted by atomic mass is 10.1. The number of aromatic nitrogens is 1. The largest absolute Gasteiger partial charge is 0.462 e. The number of nitrogens with zero attached hydrogens (tertiary/aromatic N) is 1. The van der Waals surface area contributed by atoms with Gasteiger partial charge in [-0.1, -0.05) is 24.8 Å². The average Bonchev–Trinajstić information content (AvgIpc) is 2.72. The van der Waals surface area contributed by atoms with E-state index in [-0.39, 0.29) is 5.97 Å². The van der Waals surface area contributed by atoms with E-state index in [0.29, 0.717) is 12.2 Å². The molecule has 0 saturated heterocycles. The summed E-state index contributed by atoms with van der Waals surface area (Å²) in [5.74, 6) is -0.282. The molecular formula is C15H17NO2. The van der Waals surface area contributed by atoms with Crippen LogP contribution in [0.5, 0.6) is 0 Å². The molecule has 0 bridgehead atoms. The van der Waals surface area contributed by atoms with E-state index in [1.807, 2.05) is 38.1 Å². The van der Waals surface area contributed by atoms with Crippen molar-refractivity contribution in [2.45, 2.75) is 20.4 Å². The maximum absolute atomic E-state index is 12.1. The van der Waals surface area contributed by atoms with Crippen LogP contribution in [0, 0.1) is 0 Å². The van der Waals surface area contributed by atoms with E-state index in [4.69, 9.17) is 4.74 Å². The average molecular weight is 243 g/mol. The van der Waals surface area contributed by atoms with Gasteiger partial charge in [0.1, 0.15) is 0 Å². The Morgan fingerprint density at radius 1 is 1.39 bits per heavy atom. The van der Waals surface area contributed by atoms with Gasteiger partial charge in [-0.2, -0.15) is 0 Å². The summed E-state index contributed by atoms with van der Waals surface area (Å²) in [5, 5.41) is 0.924. The fourth-order valence-electron chi connectivity index (χ4n) is 2.29. The number of fused-ring (bicyclic) bond motifs is 1. The summed E-state index contributed by atoms with van der Waals surface area (Å²) in [6.45, 7) is 8.84. The topological polar surface area (TPSA) is 31.2 Å². The summed E-state index contributed by atoms with van der Waals surface area (Å²) in [6.07, 6.45) is 1.72. The molecule has 0 unspecified atom stereocenters. The van der Waals surface area contributed by atoms with Gasteiger partial charge in [0.15, 0.2) is 0 Å². The van der Waals surface area contributed by atoms with Crippen molar-refractivity contribution in [1.82, 2.24) is 4.57 Å². The summed E-state index contributed by atoms with van der Waals surface area (Å²) < 4.78 is 7.21. The number of aryl methyl sites for hydroxylation is 1. The maximum atomic E-state index is 12.1. The quantitative estimate of drug-likeness (QED) is 0.770. The maximum Gasteiger partial charge on any atom is 0.340 e. The normalized spacial score (nSPS) is 10.6. The fraction of sp³-hybridized carbons (Fsp3) is 0.267. The number of carbonyl (C=O) groups excluding carboxylic acids is 1. The highest BCUT2D eigenvalue weighted by Crippen LogP contribution is 2.27. The molecule has 94 valence electrons. The van der Waals surface area contributed by atoms with E-state index in [0.717, 1.165) is 23.1 Å². The van der Waals surface area contributed by atoms with Gasteiger partial charge in [-0.05, 0) is 26.0 Å². The van der Waals surface area contributed by atoms with Crippen molar-refractivity contribution in [3.8, 4) is 0 Å². The Balaban J connectivity index is 2.77. The van der Waals surface area contributed by atoms with Crippen LogP contribution in [0.15, 0.2) is 30.8 Å². The Labute approximate surface area is 107 Å². The first-order valence-corrected chi connectivity index (χ1v) is 6.15. The van der Waals surface area contributed by atoms with Crippen molar-refractivity contribution >= 4 is 22.9 Å². The first-order chi connectivity index (χ1) is 8.74. The van der Waals surface area contributed by atoms with Crippen LogP contribution < -0.4 is 0 Å². The van der Waals surface area contributed by atoms with Crippen LogP contribution in [0.2, 0.25) is 0 Å². The molecule has 0 aliphatic carbocycles. The molecule has 1 aromatic carbocycles. The first kappa shape index (κ1) is 12.4. The van der Waals surface area contributed by atoms with Crippen LogP contribution >= 0.6 is 0 Å². The SMILES string of the molecule is C=Cc1c(C(=O)OCC)c2ccccc2n1CC. The predicted molar refractivity (Wildman–Crippen MR) is 73.7 cm³/mol. The first-order valence-electron chi connectivity index (χ1n) is 6.15. The van der Waals surface area contributed by atoms with Gasteiger partial charge in [0, 0.05) is 17.4 Å². The zero-order valence-electron chi connectivity index (χ0n) is 10.8. The summed E-state index contributed by atoms with van der Waals surface area (Å²) in [5.41, 5.74) is 2.49. The monoisotopic (exact) mass is 243 g/mol. The summed E-state index contributed by atoms with van der Waals surface area (Å²) in [6, 6.07) is 7.85. The number of esters is 1. The second-order valence-corrected chi connectivity index (χ2v) is 3.95. The molecule has 0 atom stereocenters. The summed E-state index contributed by atoms with van der Waals surface area (Å²) in [7, 11) is 0. The highest BCUT2D eigenvalue weighted by Gasteiger charge is 2.20. The molecular weight excluding hydrogens is 226 g/mol. The van der Waals surface area contributed by atoms with Crippen LogP contribution in [0.3, 0.4) is 0 Å². The second kappa shape index (κ2) is 5.08. The molecule has 3 nitrogen and oxygen atoms in total. The fourth-order valence-corrected chi connectivity index (χ4v) is 2.29. The lowest BCUT2D eigenvalue weighted by Crippen LogP contribution is -2.07. The molecule has 0 aliphatic heterocycles. The molecule has 0 aliphatic rings. The van der Waals surface area contributed by atoms with Gasteiger partial charge in [-0.15, -0.1) is 0 Å². The molecule has 2 rings (SSSR count). The minimum Gasteiger partial charge on any atom is -0.462 e. The molecule has 2 aromatic rings. The summed E-state index contributed by atoms with van der Waals surface area (Å²) >= 11 is 0. The molecule has 1 heterocycles. The highest BCUT2D eigenvalue weighted by molar-refractivity contribution is 6.07. The predicted octanol–water partition coefficient (Wildman–Crippen LogP) is 3.48. The van der Waals surface area contributed by atoms with Gasteiger partial charge >= 0.3 is 5.97 Å². The molecule has 1 aromatic heterocycles. The molecule has 0 fully saturated rings. The third kappa shape index (κ3) is 1.82. The standard InChI is InChI=1S/C15H17NO2/c1-4-12-14(15(17)18-6-3)11-9-7-8-10-13(11)16(12)5-2/h4,7-10H,1,5-6H2,2-3H3. The number of carbonyl (C=O) groups is 1. The number of para-hydroxylation sites is 1. The smallest absolute Gasteiger partial charge is 0.340 e. The second-order valence-electron chi connectivity index (χ2n) is 3.95. The van der Waals surface area contributed by atoms with Crippen LogP contribution in [-0.4, -0.2) is 17.1 Å². The van der Waals surface area contributed by atoms with E-state index in [1.165, 1.54) is 0 Å². The molecule has 0 radical (unpaired) electrons. The number of hydrogen-bond donors (Lipinski definition) is 0. The number of rotatable bonds is 4. The zero-order valence-corrected chi connectivity index (χ0v) is 10.8. The van der Waals surface area contributed by atoms with Gasteiger partial charge in [0.25, 0.3) is 0 Å². The minimum atomic E-state index is -0.282. The molecule has 0 N–H and O–H groups in total. The Hall–Kier alpha value is -2.03. The lowest BCUT2D eigenvalue weighted by molar-refractivity contribution is 0.0528. The van der Waals surface area contributed by atoms with E-state index in [1.54, 1.807) is 6.08 Å². The van der Waals surface area contributed by atoms with Gasteiger partial charge in [-0.25, -0.2) is 4.79 Å². The van der Waals surface area contributed by atoms with Crippen molar-refractivity contribution in [3.05, 3.63) is 42.1 Å². The van der Waals surface area contributed by atoms with Crippen molar-refractivity contribution in [3.63, 3.8) is 0 Å². The molecule has 3 heteroatoms. The lowest BCUT2D eigenvalue weighted by Gasteiger charge is -2.05. The summed E-state index contributed by atoms with van der Waals surface area (Å²) in [4.78, 5) is 12.1. The van der Waals surface area contributed by atoms with Gasteiger partial charge in [0.2, 0.25) is 0 Å². The molecule has 0 spiro atoms. The Bertz CT molecular complexity index is 596. The van der Waals surface area contributed by atoms with Crippen molar-refractivity contribution in [2.75, 3.05) is 6.61 Å². The molecule has 18 heavy (non-hydrogen) atoms. The van der Waals surface area contributed by atoms with Crippen molar-refractivity contribution in [1.29, 1.82) is 0 Å². The van der Waals surface area contributed by atoms with Gasteiger partial charge in [-0.3, -0.25) is 0 Å². The number of ether oxygens (including phenoxy) is 1. The van der Waals surface area contributed by atoms with Gasteiger partial charge < -0.3 is 9.30 Å². The third-order valence-corrected chi connectivity index (χ3v) is 3.00. The van der Waals surface area contributed by atoms with E-state index >= 15 is 0 Å². The van der Waals surface area contributed by atoms with E-state index in [9.17, 15) is 4.79 Å². The van der Waals surface area contributed by atoms with Crippen LogP contribution in [0.4, 0.5) is 0 Å². The van der Waals surface area contributed by atoms with Crippen LogP contribution in [0.25, 0.3) is 17.0 Å². The zero-order chi connectivity index (χ0) is 13.1. The molecule has 0 saturated carbocycles. The highest BCUT2D eigenvalue weighted by atomic mass is 16.5. The Kier molecular flexibility index (Phi) is 3.51. The molecule has 0 amide bonds. The van der Waals surface area contributed by atoms with E-state index < -0.39 is 0 Å². The number of hydrogen-bond acceptors (Lipinski definition) is 2. The van der Waals surface area contributed by atoms with E-state index in [2.05, 4.69) is 11.1 Å². The van der Waals surface area contributed by atoms with Crippen LogP contribution in [0.1, 0.15) is 29.9 Å². The van der Waals surface area contributed by atoms with Crippen molar-refractivity contribution < 1.29 is 9.53 Å². The minimum absolute atomic E-state index is 0.282. The third-order valence-electron chi connectivity index (χ3n) is 3.00. The van der Waals surface area contributed by atoms with Crippen LogP contribution in [-0.2, 0) is 11.3 Å². The Morgan fingerprint density at radius 2 is 2.11 bits per heavy atom.